The molecule has 176 valence electrons. The molecule has 0 amide bonds. The lowest BCUT2D eigenvalue weighted by molar-refractivity contribution is -0.698. The van der Waals surface area contributed by atoms with Crippen LogP contribution in [0.25, 0.3) is 0 Å². The highest BCUT2D eigenvalue weighted by Crippen LogP contribution is 2.45. The van der Waals surface area contributed by atoms with Crippen LogP contribution in [0.4, 0.5) is 5.69 Å². The molecule has 8 rings (SSSR count). The summed E-state index contributed by atoms with van der Waals surface area (Å²) in [7, 11) is 0. The Kier molecular flexibility index (Phi) is 5.32. The van der Waals surface area contributed by atoms with Gasteiger partial charge in [0.25, 0.3) is 0 Å². The van der Waals surface area contributed by atoms with Crippen molar-refractivity contribution < 1.29 is 18.8 Å². The molecule has 0 aromatic heterocycles. The Bertz CT molecular complexity index is 1490. The number of quaternary nitrogens is 1. The summed E-state index contributed by atoms with van der Waals surface area (Å²) >= 11 is 0. The average Bonchev–Trinajstić information content (AvgIpc) is 3.16. The number of ether oxygens (including phenoxy) is 2. The van der Waals surface area contributed by atoms with Crippen molar-refractivity contribution in [2.75, 3.05) is 11.9 Å². The van der Waals surface area contributed by atoms with Crippen LogP contribution >= 0.6 is 0 Å². The number of carbonyl (C=O) groups excluding carboxylic acids is 1. The highest BCUT2D eigenvalue weighted by atomic mass is 16.5. The second-order valence-corrected chi connectivity index (χ2v) is 8.68. The molecule has 8 nitrogen and oxygen atoms in total. The number of fused-ring (bicyclic) bond motifs is 7. The van der Waals surface area contributed by atoms with Crippen LogP contribution in [0.2, 0.25) is 0 Å². The van der Waals surface area contributed by atoms with Gasteiger partial charge in [0.1, 0.15) is 19.0 Å². The molecular formula is C28H22N5O3+. The van der Waals surface area contributed by atoms with Crippen molar-refractivity contribution in [1.82, 2.24) is 0 Å². The van der Waals surface area contributed by atoms with Crippen molar-refractivity contribution in [3.05, 3.63) is 107 Å². The van der Waals surface area contributed by atoms with Gasteiger partial charge < -0.3 is 14.8 Å². The maximum atomic E-state index is 12.6. The standard InChI is InChI=1S/C28H22N5O3/c29-16-26-31-17-23-22-18-33(23,26)13-12-30-11-5-1-2-6-14-35-28-20-10-9-19(15-24(20)34)27(28)36-25-8-4-3-7-21(25)32-22/h1-8,11-13,17-18,32H,9-10,14-15H2/q+1. The number of nitriles is 1. The van der Waals surface area contributed by atoms with Crippen molar-refractivity contribution in [2.45, 2.75) is 19.3 Å². The smallest absolute Gasteiger partial charge is 0.322 e. The minimum Gasteiger partial charge on any atom is -0.485 e. The van der Waals surface area contributed by atoms with Gasteiger partial charge in [-0.2, -0.15) is 14.7 Å². The Morgan fingerprint density at radius 1 is 1.11 bits per heavy atom. The number of hydrogen-bond donors (Lipinski definition) is 1. The van der Waals surface area contributed by atoms with E-state index in [1.807, 2.05) is 54.9 Å². The number of nitrogens with zero attached hydrogens (tertiary/aromatic N) is 4. The molecule has 1 aromatic rings. The van der Waals surface area contributed by atoms with E-state index in [9.17, 15) is 10.1 Å². The quantitative estimate of drug-likeness (QED) is 0.538. The fraction of sp³-hybridized carbons (Fsp3) is 0.143. The molecule has 7 aliphatic rings. The number of para-hydroxylation sites is 2. The summed E-state index contributed by atoms with van der Waals surface area (Å²) in [5.41, 5.74) is 4.06. The number of rotatable bonds is 0. The molecule has 0 radical (unpaired) electrons. The van der Waals surface area contributed by atoms with Crippen LogP contribution in [0.3, 0.4) is 0 Å². The zero-order valence-corrected chi connectivity index (χ0v) is 19.3. The number of carbonyl (C=O) groups is 1. The summed E-state index contributed by atoms with van der Waals surface area (Å²) in [6.07, 6.45) is 17.9. The van der Waals surface area contributed by atoms with Crippen molar-refractivity contribution >= 4 is 23.5 Å². The second-order valence-electron chi connectivity index (χ2n) is 8.68. The minimum atomic E-state index is 0.102. The van der Waals surface area contributed by atoms with E-state index in [0.717, 1.165) is 29.1 Å². The molecule has 0 saturated heterocycles. The normalized spacial score (nSPS) is 24.3. The van der Waals surface area contributed by atoms with Gasteiger partial charge in [-0.25, -0.2) is 0 Å². The predicted molar refractivity (Wildman–Crippen MR) is 135 cm³/mol. The van der Waals surface area contributed by atoms with E-state index in [-0.39, 0.29) is 10.3 Å². The first kappa shape index (κ1) is 21.8. The number of ketones is 1. The van der Waals surface area contributed by atoms with Gasteiger partial charge in [0, 0.05) is 18.2 Å². The number of benzene rings is 1. The Labute approximate surface area is 208 Å². The highest BCUT2D eigenvalue weighted by Gasteiger charge is 2.51. The lowest BCUT2D eigenvalue weighted by atomic mass is 9.82. The molecule has 3 aliphatic carbocycles. The van der Waals surface area contributed by atoms with Gasteiger partial charge in [0.15, 0.2) is 40.5 Å². The van der Waals surface area contributed by atoms with Gasteiger partial charge in [0.05, 0.1) is 18.1 Å². The molecule has 1 N–H and O–H groups in total. The number of anilines is 1. The number of allylic oxidation sites excluding steroid dienone is 5. The molecule has 4 heterocycles. The molecule has 1 fully saturated rings. The summed E-state index contributed by atoms with van der Waals surface area (Å²) < 4.78 is 12.6. The van der Waals surface area contributed by atoms with E-state index in [1.165, 1.54) is 0 Å². The monoisotopic (exact) mass is 476 g/mol. The first-order valence-electron chi connectivity index (χ1n) is 11.7. The van der Waals surface area contributed by atoms with Crippen LogP contribution in [-0.4, -0.2) is 28.9 Å². The third-order valence-corrected chi connectivity index (χ3v) is 6.57. The zero-order valence-electron chi connectivity index (χ0n) is 19.3. The third-order valence-electron chi connectivity index (χ3n) is 6.57. The van der Waals surface area contributed by atoms with Crippen LogP contribution in [0.15, 0.2) is 117 Å². The Hall–Kier alpha value is -4.74. The molecule has 1 aromatic carbocycles. The van der Waals surface area contributed by atoms with Crippen LogP contribution in [0.1, 0.15) is 19.3 Å². The van der Waals surface area contributed by atoms with Gasteiger partial charge in [-0.1, -0.05) is 24.3 Å². The zero-order chi connectivity index (χ0) is 24.5. The van der Waals surface area contributed by atoms with E-state index >= 15 is 0 Å². The maximum Gasteiger partial charge on any atom is 0.322 e. The van der Waals surface area contributed by atoms with Gasteiger partial charge in [0.2, 0.25) is 0 Å². The van der Waals surface area contributed by atoms with Gasteiger partial charge in [-0.05, 0) is 42.7 Å². The molecule has 1 spiro atoms. The fourth-order valence-electron chi connectivity index (χ4n) is 4.78. The molecule has 8 heteroatoms. The van der Waals surface area contributed by atoms with Crippen LogP contribution < -0.4 is 10.1 Å². The van der Waals surface area contributed by atoms with E-state index < -0.39 is 0 Å². The highest BCUT2D eigenvalue weighted by molar-refractivity contribution is 6.01. The van der Waals surface area contributed by atoms with E-state index in [0.29, 0.717) is 48.1 Å². The molecule has 1 atom stereocenters. The topological polar surface area (TPSA) is 96.1 Å². The molecule has 4 aliphatic heterocycles. The first-order chi connectivity index (χ1) is 17.7. The van der Waals surface area contributed by atoms with Crippen LogP contribution in [0.5, 0.6) is 5.75 Å². The Morgan fingerprint density at radius 2 is 2.03 bits per heavy atom. The second kappa shape index (κ2) is 8.80. The predicted octanol–water partition coefficient (Wildman–Crippen LogP) is 4.89. The van der Waals surface area contributed by atoms with Gasteiger partial charge in [-0.15, -0.1) is 0 Å². The van der Waals surface area contributed by atoms with E-state index in [1.54, 1.807) is 24.7 Å². The molecule has 1 unspecified atom stereocenters. The molecule has 1 saturated carbocycles. The van der Waals surface area contributed by atoms with Gasteiger partial charge >= 0.3 is 5.84 Å². The minimum absolute atomic E-state index is 0.102. The Morgan fingerprint density at radius 3 is 2.92 bits per heavy atom. The molecule has 36 heavy (non-hydrogen) atoms. The van der Waals surface area contributed by atoms with Crippen molar-refractivity contribution in [1.29, 1.82) is 5.26 Å². The number of nitrogens with one attached hydrogen (secondary N) is 1. The summed E-state index contributed by atoms with van der Waals surface area (Å²) in [5.74, 6) is 2.23. The SMILES string of the molecule is N#CC1=NC=C2C3=C[N+]21C=CN=CC=CC=CCOC1=C2CCC(=C1Oc1ccccc1N3)CC2=O. The average molecular weight is 477 g/mol. The van der Waals surface area contributed by atoms with Gasteiger partial charge in [-0.3, -0.25) is 9.79 Å². The van der Waals surface area contributed by atoms with Crippen molar-refractivity contribution in [3.8, 4) is 11.8 Å². The number of amidine groups is 1. The van der Waals surface area contributed by atoms with Crippen molar-refractivity contribution in [3.63, 3.8) is 0 Å². The van der Waals surface area contributed by atoms with Crippen molar-refractivity contribution in [2.24, 2.45) is 9.98 Å². The van der Waals surface area contributed by atoms with Crippen LogP contribution in [0, 0.1) is 11.3 Å². The largest absolute Gasteiger partial charge is 0.485 e. The summed E-state index contributed by atoms with van der Waals surface area (Å²) in [6, 6.07) is 9.80. The lowest BCUT2D eigenvalue weighted by Crippen LogP contribution is -2.47. The summed E-state index contributed by atoms with van der Waals surface area (Å²) in [5, 5.41) is 13.0. The maximum absolute atomic E-state index is 12.6. The molecule has 4 bridgehead atoms. The molecular weight excluding hydrogens is 454 g/mol. The lowest BCUT2D eigenvalue weighted by Gasteiger charge is -2.35. The number of aliphatic imine (C=N–C) groups is 2. The van der Waals surface area contributed by atoms with E-state index in [4.69, 9.17) is 9.47 Å². The number of hydrogen-bond acceptors (Lipinski definition) is 7. The Balaban J connectivity index is 1.40. The summed E-state index contributed by atoms with van der Waals surface area (Å²) in [6.45, 7) is 0.310. The van der Waals surface area contributed by atoms with Crippen LogP contribution in [-0.2, 0) is 9.53 Å². The number of Topliss-reactive ketones (excluding diaryl/α,β-unsaturated/α-hetero) is 1. The first-order valence-corrected chi connectivity index (χ1v) is 11.7. The fourth-order valence-corrected chi connectivity index (χ4v) is 4.78. The summed E-state index contributed by atoms with van der Waals surface area (Å²) in [4.78, 5) is 21.2. The third kappa shape index (κ3) is 3.54. The van der Waals surface area contributed by atoms with E-state index in [2.05, 4.69) is 21.4 Å².